The number of hydrogen-bond donors (Lipinski definition) is 3. The van der Waals surface area contributed by atoms with Crippen molar-refractivity contribution in [2.45, 2.75) is 58.3 Å². The van der Waals surface area contributed by atoms with E-state index in [2.05, 4.69) is 90.5 Å². The van der Waals surface area contributed by atoms with Gasteiger partial charge in [0.25, 0.3) is 0 Å². The summed E-state index contributed by atoms with van der Waals surface area (Å²) in [6.45, 7) is 4.98. The van der Waals surface area contributed by atoms with Crippen molar-refractivity contribution in [2.75, 3.05) is 26.2 Å². The maximum Gasteiger partial charge on any atom is 0.220 e. The summed E-state index contributed by atoms with van der Waals surface area (Å²) in [5.74, 6) is 0.101. The molecule has 0 radical (unpaired) electrons. The molecular weight excluding hydrogens is 370 g/mol. The monoisotopic (exact) mass is 413 g/mol. The lowest BCUT2D eigenvalue weighted by Gasteiger charge is -2.04. The predicted octanol–water partition coefficient (Wildman–Crippen LogP) is 5.13. The first-order valence-electron chi connectivity index (χ1n) is 11.4. The lowest BCUT2D eigenvalue weighted by molar-refractivity contribution is -0.120. The van der Waals surface area contributed by atoms with Crippen molar-refractivity contribution in [2.24, 2.45) is 5.73 Å². The highest BCUT2D eigenvalue weighted by Crippen LogP contribution is 1.97. The van der Waals surface area contributed by atoms with Gasteiger partial charge in [-0.05, 0) is 44.9 Å². The van der Waals surface area contributed by atoms with E-state index in [1.165, 1.54) is 0 Å². The zero-order chi connectivity index (χ0) is 22.0. The van der Waals surface area contributed by atoms with Gasteiger partial charge in [-0.1, -0.05) is 79.8 Å². The first kappa shape index (κ1) is 27.8. The molecule has 0 rings (SSSR count). The average molecular weight is 414 g/mol. The molecule has 0 aliphatic heterocycles. The minimum atomic E-state index is 0.101. The van der Waals surface area contributed by atoms with Gasteiger partial charge in [0.1, 0.15) is 0 Å². The van der Waals surface area contributed by atoms with Gasteiger partial charge in [0.2, 0.25) is 5.91 Å². The maximum absolute atomic E-state index is 11.6. The molecule has 0 bridgehead atoms. The molecule has 0 fully saturated rings. The molecule has 0 aromatic heterocycles. The highest BCUT2D eigenvalue weighted by molar-refractivity contribution is 5.75. The van der Waals surface area contributed by atoms with Crippen LogP contribution in [-0.4, -0.2) is 32.1 Å². The molecular formula is C26H43N3O. The zero-order valence-electron chi connectivity index (χ0n) is 18.9. The number of carbonyl (C=O) groups is 1. The van der Waals surface area contributed by atoms with Crippen LogP contribution in [-0.2, 0) is 4.79 Å². The molecule has 0 atom stereocenters. The maximum atomic E-state index is 11.6. The zero-order valence-corrected chi connectivity index (χ0v) is 18.9. The fourth-order valence-corrected chi connectivity index (χ4v) is 2.46. The highest BCUT2D eigenvalue weighted by Gasteiger charge is 1.97. The Kier molecular flexibility index (Phi) is 23.1. The van der Waals surface area contributed by atoms with Crippen LogP contribution in [0.15, 0.2) is 72.9 Å². The standard InChI is InChI=1S/C26H43N3O/c1-2-3-4-5-6-7-8-9-10-11-12-13-14-15-16-17-18-19-20-21-26(30)29-25-24-28-23-22-27/h3-4,6-7,9-10,12-13,15-16,18-19,28H,2,5,8,11,14,17,20-25,27H2,1H3,(H,29,30). The first-order chi connectivity index (χ1) is 14.8. The molecule has 30 heavy (non-hydrogen) atoms. The molecule has 4 N–H and O–H groups in total. The Morgan fingerprint density at radius 1 is 0.667 bits per heavy atom. The summed E-state index contributed by atoms with van der Waals surface area (Å²) in [7, 11) is 0. The van der Waals surface area contributed by atoms with Gasteiger partial charge in [0.15, 0.2) is 0 Å². The van der Waals surface area contributed by atoms with E-state index in [0.717, 1.165) is 58.0 Å². The van der Waals surface area contributed by atoms with Crippen LogP contribution in [0.3, 0.4) is 0 Å². The first-order valence-corrected chi connectivity index (χ1v) is 11.4. The van der Waals surface area contributed by atoms with Crippen LogP contribution in [0.25, 0.3) is 0 Å². The molecule has 0 spiro atoms. The number of nitrogens with two attached hydrogens (primary N) is 1. The second kappa shape index (κ2) is 24.9. The molecule has 0 saturated heterocycles. The SMILES string of the molecule is CCC=CCC=CCC=CCC=CCC=CCC=CCCC(=O)NCCNCCN. The number of allylic oxidation sites excluding steroid dienone is 12. The number of hydrogen-bond acceptors (Lipinski definition) is 3. The van der Waals surface area contributed by atoms with Crippen LogP contribution in [0.5, 0.6) is 0 Å². The Balaban J connectivity index is 3.53. The Labute approximate surface area is 184 Å². The molecule has 0 saturated carbocycles. The smallest absolute Gasteiger partial charge is 0.220 e. The summed E-state index contributed by atoms with van der Waals surface area (Å²) in [4.78, 5) is 11.6. The van der Waals surface area contributed by atoms with Crippen LogP contribution in [0.4, 0.5) is 0 Å². The van der Waals surface area contributed by atoms with Crippen LogP contribution < -0.4 is 16.4 Å². The van der Waals surface area contributed by atoms with Gasteiger partial charge in [0.05, 0.1) is 0 Å². The average Bonchev–Trinajstić information content (AvgIpc) is 2.75. The Hall–Kier alpha value is -2.17. The van der Waals surface area contributed by atoms with Gasteiger partial charge in [-0.2, -0.15) is 0 Å². The number of carbonyl (C=O) groups excluding carboxylic acids is 1. The van der Waals surface area contributed by atoms with Crippen molar-refractivity contribution >= 4 is 5.91 Å². The van der Waals surface area contributed by atoms with Crippen LogP contribution in [0, 0.1) is 0 Å². The molecule has 4 nitrogen and oxygen atoms in total. The summed E-state index contributed by atoms with van der Waals surface area (Å²) < 4.78 is 0. The van der Waals surface area contributed by atoms with Crippen molar-refractivity contribution in [3.63, 3.8) is 0 Å². The molecule has 0 heterocycles. The Morgan fingerprint density at radius 3 is 1.60 bits per heavy atom. The van der Waals surface area contributed by atoms with Crippen molar-refractivity contribution in [1.82, 2.24) is 10.6 Å². The Bertz CT molecular complexity index is 557. The molecule has 0 aliphatic rings. The van der Waals surface area contributed by atoms with Crippen LogP contribution in [0.2, 0.25) is 0 Å². The summed E-state index contributed by atoms with van der Waals surface area (Å²) in [6.07, 6.45) is 33.5. The van der Waals surface area contributed by atoms with E-state index >= 15 is 0 Å². The largest absolute Gasteiger partial charge is 0.355 e. The molecule has 0 aromatic rings. The topological polar surface area (TPSA) is 67.2 Å². The lowest BCUT2D eigenvalue weighted by atomic mass is 10.2. The van der Waals surface area contributed by atoms with Crippen molar-refractivity contribution in [3.05, 3.63) is 72.9 Å². The fourth-order valence-electron chi connectivity index (χ4n) is 2.46. The second-order valence-electron chi connectivity index (χ2n) is 6.84. The van der Waals surface area contributed by atoms with E-state index < -0.39 is 0 Å². The number of nitrogens with one attached hydrogen (secondary N) is 2. The van der Waals surface area contributed by atoms with Crippen molar-refractivity contribution < 1.29 is 4.79 Å². The summed E-state index contributed by atoms with van der Waals surface area (Å²) >= 11 is 0. The highest BCUT2D eigenvalue weighted by atomic mass is 16.1. The normalized spacial score (nSPS) is 12.7. The lowest BCUT2D eigenvalue weighted by Crippen LogP contribution is -2.33. The van der Waals surface area contributed by atoms with E-state index in [0.29, 0.717) is 19.5 Å². The van der Waals surface area contributed by atoms with Crippen molar-refractivity contribution in [1.29, 1.82) is 0 Å². The van der Waals surface area contributed by atoms with E-state index in [1.807, 2.05) is 0 Å². The summed E-state index contributed by atoms with van der Waals surface area (Å²) in [6, 6.07) is 0. The molecule has 0 aliphatic carbocycles. The minimum Gasteiger partial charge on any atom is -0.355 e. The third-order valence-electron chi connectivity index (χ3n) is 4.08. The number of rotatable bonds is 19. The minimum absolute atomic E-state index is 0.101. The van der Waals surface area contributed by atoms with E-state index in [1.54, 1.807) is 0 Å². The summed E-state index contributed by atoms with van der Waals surface area (Å²) in [5.41, 5.74) is 5.38. The molecule has 1 amide bonds. The molecule has 0 aromatic carbocycles. The number of amides is 1. The second-order valence-corrected chi connectivity index (χ2v) is 6.84. The van der Waals surface area contributed by atoms with E-state index in [4.69, 9.17) is 5.73 Å². The predicted molar refractivity (Wildman–Crippen MR) is 132 cm³/mol. The third-order valence-corrected chi connectivity index (χ3v) is 4.08. The Morgan fingerprint density at radius 2 is 1.13 bits per heavy atom. The molecule has 168 valence electrons. The van der Waals surface area contributed by atoms with E-state index in [-0.39, 0.29) is 5.91 Å². The van der Waals surface area contributed by atoms with Gasteiger partial charge in [-0.15, -0.1) is 0 Å². The van der Waals surface area contributed by atoms with Crippen LogP contribution in [0.1, 0.15) is 58.3 Å². The van der Waals surface area contributed by atoms with Gasteiger partial charge < -0.3 is 16.4 Å². The van der Waals surface area contributed by atoms with Crippen molar-refractivity contribution in [3.8, 4) is 0 Å². The summed E-state index contributed by atoms with van der Waals surface area (Å²) in [5, 5.41) is 6.04. The quantitative estimate of drug-likeness (QED) is 0.203. The van der Waals surface area contributed by atoms with Crippen LogP contribution >= 0.6 is 0 Å². The fraction of sp³-hybridized carbons (Fsp3) is 0.500. The van der Waals surface area contributed by atoms with Gasteiger partial charge in [-0.25, -0.2) is 0 Å². The van der Waals surface area contributed by atoms with Gasteiger partial charge >= 0.3 is 0 Å². The molecule has 4 heteroatoms. The third kappa shape index (κ3) is 23.9. The van der Waals surface area contributed by atoms with E-state index in [9.17, 15) is 4.79 Å². The van der Waals surface area contributed by atoms with Gasteiger partial charge in [-0.3, -0.25) is 4.79 Å². The molecule has 0 unspecified atom stereocenters. The van der Waals surface area contributed by atoms with Gasteiger partial charge in [0, 0.05) is 32.6 Å².